The van der Waals surface area contributed by atoms with Crippen molar-refractivity contribution in [3.05, 3.63) is 28.0 Å². The summed E-state index contributed by atoms with van der Waals surface area (Å²) in [6.07, 6.45) is 2.39. The lowest BCUT2D eigenvalue weighted by Gasteiger charge is -1.95. The van der Waals surface area contributed by atoms with Gasteiger partial charge in [0.25, 0.3) is 0 Å². The van der Waals surface area contributed by atoms with Gasteiger partial charge in [-0.25, -0.2) is 0 Å². The number of aryl methyl sites for hydroxylation is 1. The highest BCUT2D eigenvalue weighted by molar-refractivity contribution is 9.10. The number of aromatic nitrogens is 1. The van der Waals surface area contributed by atoms with Crippen molar-refractivity contribution in [2.24, 2.45) is 0 Å². The number of hydrogen-bond donors (Lipinski definition) is 0. The minimum Gasteiger partial charge on any atom is -0.296 e. The minimum atomic E-state index is 0.456. The molecule has 0 saturated carbocycles. The molecule has 3 heteroatoms. The Morgan fingerprint density at radius 2 is 2.40 bits per heavy atom. The van der Waals surface area contributed by atoms with E-state index in [1.54, 1.807) is 12.3 Å². The van der Waals surface area contributed by atoms with E-state index >= 15 is 0 Å². The molecule has 0 saturated heterocycles. The highest BCUT2D eigenvalue weighted by Crippen LogP contribution is 2.14. The molecule has 0 fully saturated rings. The fourth-order valence-corrected chi connectivity index (χ4v) is 0.915. The molecule has 1 heterocycles. The van der Waals surface area contributed by atoms with Crippen LogP contribution in [0.5, 0.6) is 0 Å². The highest BCUT2D eigenvalue weighted by Gasteiger charge is 1.95. The van der Waals surface area contributed by atoms with Crippen LogP contribution in [0.1, 0.15) is 16.1 Å². The molecule has 2 nitrogen and oxygen atoms in total. The van der Waals surface area contributed by atoms with Gasteiger partial charge >= 0.3 is 0 Å². The van der Waals surface area contributed by atoms with Crippen LogP contribution >= 0.6 is 15.9 Å². The standard InChI is InChI=1S/C7H6BrNO/c1-5-3-9-6(4-10)2-7(5)8/h2-4H,1H3. The molecule has 0 aliphatic carbocycles. The average Bonchev–Trinajstić information content (AvgIpc) is 1.95. The Balaban J connectivity index is 3.16. The summed E-state index contributed by atoms with van der Waals surface area (Å²) in [4.78, 5) is 14.0. The Morgan fingerprint density at radius 3 is 2.90 bits per heavy atom. The van der Waals surface area contributed by atoms with E-state index < -0.39 is 0 Å². The van der Waals surface area contributed by atoms with E-state index in [9.17, 15) is 4.79 Å². The Morgan fingerprint density at radius 1 is 1.70 bits per heavy atom. The van der Waals surface area contributed by atoms with E-state index in [1.165, 1.54) is 0 Å². The fourth-order valence-electron chi connectivity index (χ4n) is 0.578. The van der Waals surface area contributed by atoms with Gasteiger partial charge in [-0.1, -0.05) is 15.9 Å². The normalized spacial score (nSPS) is 9.40. The van der Waals surface area contributed by atoms with Gasteiger partial charge in [0.15, 0.2) is 6.29 Å². The number of nitrogens with zero attached hydrogens (tertiary/aromatic N) is 1. The second-order valence-corrected chi connectivity index (χ2v) is 2.83. The smallest absolute Gasteiger partial charge is 0.168 e. The molecule has 0 aliphatic heterocycles. The van der Waals surface area contributed by atoms with E-state index in [4.69, 9.17) is 0 Å². The third-order valence-electron chi connectivity index (χ3n) is 1.18. The van der Waals surface area contributed by atoms with Crippen molar-refractivity contribution in [2.45, 2.75) is 6.92 Å². The zero-order chi connectivity index (χ0) is 7.56. The first-order valence-corrected chi connectivity index (χ1v) is 3.60. The van der Waals surface area contributed by atoms with E-state index in [1.807, 2.05) is 6.92 Å². The summed E-state index contributed by atoms with van der Waals surface area (Å²) in [5, 5.41) is 0. The van der Waals surface area contributed by atoms with Gasteiger partial charge in [-0.2, -0.15) is 0 Å². The first-order valence-electron chi connectivity index (χ1n) is 2.81. The lowest BCUT2D eigenvalue weighted by atomic mass is 10.3. The summed E-state index contributed by atoms with van der Waals surface area (Å²) in [7, 11) is 0. The Hall–Kier alpha value is -0.700. The average molecular weight is 200 g/mol. The molecule has 0 atom stereocenters. The summed E-state index contributed by atoms with van der Waals surface area (Å²) in [5.74, 6) is 0. The molecule has 0 radical (unpaired) electrons. The number of rotatable bonds is 1. The van der Waals surface area contributed by atoms with Crippen molar-refractivity contribution in [1.82, 2.24) is 4.98 Å². The molecule has 1 aromatic rings. The third-order valence-corrected chi connectivity index (χ3v) is 2.03. The number of pyridine rings is 1. The number of hydrogen-bond acceptors (Lipinski definition) is 2. The van der Waals surface area contributed by atoms with Crippen molar-refractivity contribution in [3.8, 4) is 0 Å². The summed E-state index contributed by atoms with van der Waals surface area (Å²) in [5.41, 5.74) is 1.49. The molecule has 0 spiro atoms. The van der Waals surface area contributed by atoms with Gasteiger partial charge in [0.05, 0.1) is 0 Å². The predicted octanol–water partition coefficient (Wildman–Crippen LogP) is 1.97. The lowest BCUT2D eigenvalue weighted by Crippen LogP contribution is -1.87. The third kappa shape index (κ3) is 1.42. The van der Waals surface area contributed by atoms with Crippen LogP contribution in [0.2, 0.25) is 0 Å². The molecule has 0 unspecified atom stereocenters. The quantitative estimate of drug-likeness (QED) is 0.648. The van der Waals surface area contributed by atoms with Crippen molar-refractivity contribution in [2.75, 3.05) is 0 Å². The molecule has 1 aromatic heterocycles. The van der Waals surface area contributed by atoms with Gasteiger partial charge in [0.2, 0.25) is 0 Å². The zero-order valence-corrected chi connectivity index (χ0v) is 7.05. The minimum absolute atomic E-state index is 0.456. The van der Waals surface area contributed by atoms with E-state index in [-0.39, 0.29) is 0 Å². The van der Waals surface area contributed by atoms with Crippen LogP contribution in [-0.4, -0.2) is 11.3 Å². The van der Waals surface area contributed by atoms with Gasteiger partial charge in [-0.15, -0.1) is 0 Å². The topological polar surface area (TPSA) is 30.0 Å². The molecule has 0 N–H and O–H groups in total. The van der Waals surface area contributed by atoms with Gasteiger partial charge in [0, 0.05) is 10.7 Å². The van der Waals surface area contributed by atoms with E-state index in [0.717, 1.165) is 16.3 Å². The van der Waals surface area contributed by atoms with Crippen molar-refractivity contribution in [3.63, 3.8) is 0 Å². The van der Waals surface area contributed by atoms with Crippen LogP contribution in [0, 0.1) is 6.92 Å². The predicted molar refractivity (Wildman–Crippen MR) is 42.1 cm³/mol. The molecule has 52 valence electrons. The lowest BCUT2D eigenvalue weighted by molar-refractivity contribution is 0.111. The van der Waals surface area contributed by atoms with Crippen LogP contribution in [0.3, 0.4) is 0 Å². The van der Waals surface area contributed by atoms with Gasteiger partial charge in [0.1, 0.15) is 5.69 Å². The first kappa shape index (κ1) is 7.41. The summed E-state index contributed by atoms with van der Waals surface area (Å²) in [6.45, 7) is 1.92. The first-order chi connectivity index (χ1) is 4.74. The largest absolute Gasteiger partial charge is 0.296 e. The number of aldehydes is 1. The molecule has 0 bridgehead atoms. The summed E-state index contributed by atoms with van der Waals surface area (Å²) < 4.78 is 0.921. The van der Waals surface area contributed by atoms with Gasteiger partial charge < -0.3 is 0 Å². The molecular weight excluding hydrogens is 194 g/mol. The van der Waals surface area contributed by atoms with E-state index in [2.05, 4.69) is 20.9 Å². The number of carbonyl (C=O) groups is 1. The number of halogens is 1. The summed E-state index contributed by atoms with van der Waals surface area (Å²) in [6, 6.07) is 1.70. The highest BCUT2D eigenvalue weighted by atomic mass is 79.9. The fraction of sp³-hybridized carbons (Fsp3) is 0.143. The zero-order valence-electron chi connectivity index (χ0n) is 5.47. The second-order valence-electron chi connectivity index (χ2n) is 1.98. The van der Waals surface area contributed by atoms with Crippen LogP contribution in [0.25, 0.3) is 0 Å². The van der Waals surface area contributed by atoms with Crippen LogP contribution in [0.15, 0.2) is 16.7 Å². The Bertz CT molecular complexity index is 260. The van der Waals surface area contributed by atoms with Crippen molar-refractivity contribution in [1.29, 1.82) is 0 Å². The monoisotopic (exact) mass is 199 g/mol. The van der Waals surface area contributed by atoms with Gasteiger partial charge in [-0.3, -0.25) is 9.78 Å². The molecule has 0 aromatic carbocycles. The van der Waals surface area contributed by atoms with Crippen LogP contribution in [0.4, 0.5) is 0 Å². The molecule has 0 amide bonds. The Labute approximate surface area is 67.4 Å². The van der Waals surface area contributed by atoms with E-state index in [0.29, 0.717) is 5.69 Å². The maximum absolute atomic E-state index is 10.2. The van der Waals surface area contributed by atoms with Crippen LogP contribution in [-0.2, 0) is 0 Å². The van der Waals surface area contributed by atoms with Gasteiger partial charge in [-0.05, 0) is 18.6 Å². The SMILES string of the molecule is Cc1cnc(C=O)cc1Br. The van der Waals surface area contributed by atoms with Crippen molar-refractivity contribution >= 4 is 22.2 Å². The molecule has 0 aliphatic rings. The van der Waals surface area contributed by atoms with Crippen LogP contribution < -0.4 is 0 Å². The molecular formula is C7H6BrNO. The summed E-state index contributed by atoms with van der Waals surface area (Å²) >= 11 is 3.29. The molecule has 10 heavy (non-hydrogen) atoms. The van der Waals surface area contributed by atoms with Crippen molar-refractivity contribution < 1.29 is 4.79 Å². The maximum Gasteiger partial charge on any atom is 0.168 e. The Kier molecular flexibility index (Phi) is 2.17. The number of carbonyl (C=O) groups excluding carboxylic acids is 1. The molecule has 1 rings (SSSR count). The maximum atomic E-state index is 10.2. The second kappa shape index (κ2) is 2.92.